The van der Waals surface area contributed by atoms with Gasteiger partial charge < -0.3 is 15.4 Å². The molecule has 2 aromatic carbocycles. The Hall–Kier alpha value is -2.78. The summed E-state index contributed by atoms with van der Waals surface area (Å²) in [7, 11) is -3.24. The first-order chi connectivity index (χ1) is 18.5. The van der Waals surface area contributed by atoms with Crippen LogP contribution in [0.25, 0.3) is 0 Å². The van der Waals surface area contributed by atoms with Gasteiger partial charge in [0.25, 0.3) is 15.9 Å². The second-order valence-electron chi connectivity index (χ2n) is 7.24. The van der Waals surface area contributed by atoms with Crippen LogP contribution in [0.15, 0.2) is 47.3 Å². The van der Waals surface area contributed by atoms with Crippen molar-refractivity contribution in [1.29, 1.82) is 0 Å². The third kappa shape index (κ3) is 7.10. The number of amides is 3. The summed E-state index contributed by atoms with van der Waals surface area (Å²) in [5.41, 5.74) is -1.01. The molecular weight excluding hydrogens is 466 g/mol. The van der Waals surface area contributed by atoms with Crippen molar-refractivity contribution in [1.82, 2.24) is 15.4 Å². The lowest BCUT2D eigenvalue weighted by Gasteiger charge is -2.22. The predicted octanol–water partition coefficient (Wildman–Crippen LogP) is 3.64. The molecule has 0 aliphatic heterocycles. The van der Waals surface area contributed by atoms with Gasteiger partial charge >= 0.3 is 6.03 Å². The van der Waals surface area contributed by atoms with Crippen molar-refractivity contribution in [2.75, 3.05) is 13.6 Å². The lowest BCUT2D eigenvalue weighted by Crippen LogP contribution is -2.45. The summed E-state index contributed by atoms with van der Waals surface area (Å²) in [6, 6.07) is 1.08. The molecule has 1 aliphatic carbocycles. The number of hydrogen-bond acceptors (Lipinski definition) is 5. The van der Waals surface area contributed by atoms with Crippen molar-refractivity contribution in [3.05, 3.63) is 58.5 Å². The van der Waals surface area contributed by atoms with Crippen molar-refractivity contribution in [3.8, 4) is 5.75 Å². The highest BCUT2D eigenvalue weighted by molar-refractivity contribution is 7.90. The molecule has 10 heteroatoms. The van der Waals surface area contributed by atoms with Gasteiger partial charge in [-0.15, -0.1) is 0 Å². The van der Waals surface area contributed by atoms with E-state index in [1.54, 1.807) is 0 Å². The molecule has 1 aliphatic rings. The summed E-state index contributed by atoms with van der Waals surface area (Å²) in [5, 5.41) is 3.92. The number of carbonyl (C=O) groups is 2. The first-order valence-corrected chi connectivity index (χ1v) is 12.0. The zero-order valence-electron chi connectivity index (χ0n) is 24.7. The molecule has 178 valence electrons. The average molecular weight is 501 g/mol. The fourth-order valence-corrected chi connectivity index (χ4v) is 4.32. The van der Waals surface area contributed by atoms with Gasteiger partial charge in [-0.25, -0.2) is 17.9 Å². The van der Waals surface area contributed by atoms with E-state index in [4.69, 9.17) is 25.9 Å². The fraction of sp³-hybridized carbons (Fsp3) is 0.391. The first kappa shape index (κ1) is 16.8. The number of carbonyl (C=O) groups excluding carboxylic acids is 2. The van der Waals surface area contributed by atoms with E-state index in [9.17, 15) is 18.0 Å². The zero-order chi connectivity index (χ0) is 30.0. The van der Waals surface area contributed by atoms with E-state index in [0.717, 1.165) is 63.5 Å². The number of hydrogen-bond donors (Lipinski definition) is 3. The Labute approximate surface area is 208 Å². The van der Waals surface area contributed by atoms with Crippen LogP contribution in [0, 0.1) is 0 Å². The van der Waals surface area contributed by atoms with Gasteiger partial charge in [0.1, 0.15) is 5.75 Å². The maximum Gasteiger partial charge on any atom is 0.328 e. The van der Waals surface area contributed by atoms with Crippen LogP contribution >= 0.6 is 11.6 Å². The van der Waals surface area contributed by atoms with Crippen LogP contribution in [-0.4, -0.2) is 40.0 Å². The average Bonchev–Trinajstić information content (AvgIpc) is 2.89. The Morgan fingerprint density at radius 3 is 2.55 bits per heavy atom. The van der Waals surface area contributed by atoms with Gasteiger partial charge in [0, 0.05) is 23.0 Å². The lowest BCUT2D eigenvalue weighted by molar-refractivity contribution is 0.0951. The Morgan fingerprint density at radius 2 is 1.88 bits per heavy atom. The molecule has 0 saturated heterocycles. The molecular formula is C23H28ClN3O5S. The SMILES string of the molecule is [2H]c1c([2H])c(OC)c(C(=O)NC([2H])([2H])C([2H])([2H])c2ccc(S(=O)(=O)NC(=O)NC3CCCCC3)cc2)c([2H])c1Cl. The van der Waals surface area contributed by atoms with Gasteiger partial charge in [0.05, 0.1) is 21.7 Å². The Bertz CT molecular complexity index is 1400. The number of benzene rings is 2. The molecule has 2 aromatic rings. The number of halogens is 1. The second-order valence-corrected chi connectivity index (χ2v) is 9.30. The molecule has 0 spiro atoms. The smallest absolute Gasteiger partial charge is 0.328 e. The monoisotopic (exact) mass is 500 g/mol. The molecule has 0 radical (unpaired) electrons. The summed E-state index contributed by atoms with van der Waals surface area (Å²) in [4.78, 5) is 24.8. The molecule has 33 heavy (non-hydrogen) atoms. The van der Waals surface area contributed by atoms with Gasteiger partial charge in [-0.05, 0) is 55.0 Å². The second kappa shape index (κ2) is 11.4. The van der Waals surface area contributed by atoms with Gasteiger partial charge in [0.15, 0.2) is 0 Å². The van der Waals surface area contributed by atoms with Crippen LogP contribution in [0.5, 0.6) is 5.75 Å². The van der Waals surface area contributed by atoms with Crippen LogP contribution in [0.2, 0.25) is 5.02 Å². The Morgan fingerprint density at radius 1 is 1.18 bits per heavy atom. The van der Waals surface area contributed by atoms with Crippen LogP contribution in [-0.2, 0) is 16.4 Å². The highest BCUT2D eigenvalue weighted by Gasteiger charge is 2.21. The normalized spacial score (nSPS) is 18.3. The number of methoxy groups -OCH3 is 1. The van der Waals surface area contributed by atoms with E-state index in [0.29, 0.717) is 0 Å². The van der Waals surface area contributed by atoms with Crippen molar-refractivity contribution in [2.24, 2.45) is 0 Å². The third-order valence-corrected chi connectivity index (χ3v) is 6.43. The minimum Gasteiger partial charge on any atom is -0.496 e. The number of ether oxygens (including phenoxy) is 1. The summed E-state index contributed by atoms with van der Waals surface area (Å²) in [5.74, 6) is -1.83. The Kier molecular flexibility index (Phi) is 5.78. The molecule has 0 aromatic heterocycles. The third-order valence-electron chi connectivity index (χ3n) is 4.89. The highest BCUT2D eigenvalue weighted by Crippen LogP contribution is 2.22. The maximum atomic E-state index is 12.9. The number of urea groups is 1. The molecule has 0 unspecified atom stereocenters. The minimum absolute atomic E-state index is 0.129. The molecule has 0 heterocycles. The molecule has 3 rings (SSSR count). The molecule has 1 saturated carbocycles. The fourth-order valence-electron chi connectivity index (χ4n) is 3.27. The summed E-state index contributed by atoms with van der Waals surface area (Å²) in [6.07, 6.45) is 1.48. The standard InChI is InChI=1S/C23H28ClN3O5S/c1-32-21-12-9-17(24)15-20(21)22(28)25-14-13-16-7-10-19(11-8-16)33(30,31)27-23(29)26-18-5-3-2-4-6-18/h7-12,15,18H,2-6,13-14H2,1H3,(H,25,28)(H2,26,27,29)/i9D,12D,13D2,14D2,15D. The zero-order valence-corrected chi connectivity index (χ0v) is 19.3. The molecule has 3 N–H and O–H groups in total. The van der Waals surface area contributed by atoms with E-state index in [1.807, 2.05) is 10.0 Å². The van der Waals surface area contributed by atoms with Crippen LogP contribution in [0.3, 0.4) is 0 Å². The van der Waals surface area contributed by atoms with Crippen molar-refractivity contribution in [3.63, 3.8) is 0 Å². The van der Waals surface area contributed by atoms with Crippen molar-refractivity contribution >= 4 is 33.6 Å². The quantitative estimate of drug-likeness (QED) is 0.512. The molecule has 0 atom stereocenters. The molecule has 1 fully saturated rings. The van der Waals surface area contributed by atoms with E-state index >= 15 is 0 Å². The summed E-state index contributed by atoms with van der Waals surface area (Å²) in [6.45, 7) is -3.13. The van der Waals surface area contributed by atoms with E-state index in [1.165, 1.54) is 0 Å². The van der Waals surface area contributed by atoms with Crippen molar-refractivity contribution in [2.45, 2.75) is 49.4 Å². The number of aryl methyl sites for hydroxylation is 1. The highest BCUT2D eigenvalue weighted by atomic mass is 35.5. The Balaban J connectivity index is 1.80. The first-order valence-electron chi connectivity index (χ1n) is 13.6. The van der Waals surface area contributed by atoms with E-state index in [2.05, 4.69) is 5.32 Å². The van der Waals surface area contributed by atoms with E-state index in [-0.39, 0.29) is 16.5 Å². The largest absolute Gasteiger partial charge is 0.496 e. The number of sulfonamides is 1. The van der Waals surface area contributed by atoms with Crippen molar-refractivity contribution < 1.29 is 32.3 Å². The lowest BCUT2D eigenvalue weighted by atomic mass is 9.96. The topological polar surface area (TPSA) is 114 Å². The summed E-state index contributed by atoms with van der Waals surface area (Å²) < 4.78 is 89.1. The molecule has 8 nitrogen and oxygen atoms in total. The molecule has 3 amide bonds. The van der Waals surface area contributed by atoms with Gasteiger partial charge in [-0.3, -0.25) is 4.79 Å². The van der Waals surface area contributed by atoms with Gasteiger partial charge in [-0.1, -0.05) is 43.0 Å². The predicted molar refractivity (Wildman–Crippen MR) is 126 cm³/mol. The number of rotatable bonds is 8. The maximum absolute atomic E-state index is 12.9. The minimum atomic E-state index is -4.32. The number of nitrogens with one attached hydrogen (secondary N) is 3. The van der Waals surface area contributed by atoms with E-state index < -0.39 is 69.3 Å². The van der Waals surface area contributed by atoms with Gasteiger partial charge in [-0.2, -0.15) is 0 Å². The molecule has 0 bridgehead atoms. The van der Waals surface area contributed by atoms with Crippen LogP contribution < -0.4 is 20.1 Å². The van der Waals surface area contributed by atoms with Gasteiger partial charge in [0.2, 0.25) is 0 Å². The van der Waals surface area contributed by atoms with Crippen LogP contribution in [0.1, 0.15) is 57.6 Å². The summed E-state index contributed by atoms with van der Waals surface area (Å²) >= 11 is 5.87. The van der Waals surface area contributed by atoms with Crippen LogP contribution in [0.4, 0.5) is 4.79 Å².